The lowest BCUT2D eigenvalue weighted by Crippen LogP contribution is -2.44. The molecule has 1 aliphatic heterocycles. The van der Waals surface area contributed by atoms with E-state index in [4.69, 9.17) is 0 Å². The zero-order valence-corrected chi connectivity index (χ0v) is 17.5. The minimum absolute atomic E-state index is 0.221. The molecule has 29 heavy (non-hydrogen) atoms. The highest BCUT2D eigenvalue weighted by Gasteiger charge is 2.35. The second-order valence-electron chi connectivity index (χ2n) is 8.35. The maximum absolute atomic E-state index is 4.55. The van der Waals surface area contributed by atoms with E-state index in [-0.39, 0.29) is 5.41 Å². The Morgan fingerprint density at radius 2 is 1.79 bits per heavy atom. The summed E-state index contributed by atoms with van der Waals surface area (Å²) < 4.78 is 0. The van der Waals surface area contributed by atoms with Gasteiger partial charge in [-0.2, -0.15) is 0 Å². The van der Waals surface area contributed by atoms with Crippen LogP contribution in [0.1, 0.15) is 49.7 Å². The summed E-state index contributed by atoms with van der Waals surface area (Å²) in [6.07, 6.45) is 9.55. The van der Waals surface area contributed by atoms with Crippen LogP contribution in [-0.4, -0.2) is 37.6 Å². The van der Waals surface area contributed by atoms with Crippen molar-refractivity contribution in [3.63, 3.8) is 0 Å². The van der Waals surface area contributed by atoms with Crippen molar-refractivity contribution in [2.45, 2.75) is 50.5 Å². The van der Waals surface area contributed by atoms with Gasteiger partial charge in [0.05, 0.1) is 0 Å². The molecule has 0 radical (unpaired) electrons. The molecule has 154 valence electrons. The summed E-state index contributed by atoms with van der Waals surface area (Å²) in [5, 5.41) is 7.09. The van der Waals surface area contributed by atoms with Gasteiger partial charge in [0.2, 0.25) is 0 Å². The molecule has 1 aromatic heterocycles. The Morgan fingerprint density at radius 3 is 2.52 bits per heavy atom. The summed E-state index contributed by atoms with van der Waals surface area (Å²) in [6, 6.07) is 15.3. The molecular formula is C24H33N5. The van der Waals surface area contributed by atoms with Crippen LogP contribution < -0.4 is 15.5 Å². The molecule has 2 aromatic rings. The van der Waals surface area contributed by atoms with E-state index in [1.165, 1.54) is 49.7 Å². The van der Waals surface area contributed by atoms with Crippen LogP contribution in [0.3, 0.4) is 0 Å². The van der Waals surface area contributed by atoms with Crippen molar-refractivity contribution < 1.29 is 0 Å². The molecule has 0 atom stereocenters. The van der Waals surface area contributed by atoms with Crippen molar-refractivity contribution in [2.75, 3.05) is 31.6 Å². The van der Waals surface area contributed by atoms with Crippen molar-refractivity contribution in [3.05, 3.63) is 59.8 Å². The average Bonchev–Trinajstić information content (AvgIpc) is 3.48. The number of guanidine groups is 1. The molecule has 1 saturated heterocycles. The lowest BCUT2D eigenvalue weighted by molar-refractivity contribution is 0.431. The molecule has 4 rings (SSSR count). The van der Waals surface area contributed by atoms with Gasteiger partial charge in [-0.15, -0.1) is 0 Å². The standard InChI is InChI=1S/C24H33N5/c1-25-23(27-18-20-11-14-26-22(17-20)29-15-7-8-16-29)28-19-24(12-5-6-13-24)21-9-3-2-4-10-21/h2-4,9-11,14,17H,5-8,12-13,15-16,18-19H2,1H3,(H2,25,27,28). The lowest BCUT2D eigenvalue weighted by atomic mass is 9.79. The van der Waals surface area contributed by atoms with E-state index in [0.29, 0.717) is 0 Å². The number of hydrogen-bond donors (Lipinski definition) is 2. The average molecular weight is 392 g/mol. The van der Waals surface area contributed by atoms with E-state index in [1.54, 1.807) is 0 Å². The van der Waals surface area contributed by atoms with Gasteiger partial charge in [0, 0.05) is 44.8 Å². The number of nitrogens with zero attached hydrogens (tertiary/aromatic N) is 3. The Kier molecular flexibility index (Phi) is 6.33. The van der Waals surface area contributed by atoms with E-state index in [1.807, 2.05) is 13.2 Å². The first-order valence-corrected chi connectivity index (χ1v) is 11.0. The first-order chi connectivity index (χ1) is 14.3. The maximum Gasteiger partial charge on any atom is 0.191 e. The fourth-order valence-electron chi connectivity index (χ4n) is 4.76. The Labute approximate surface area is 174 Å². The molecule has 5 heteroatoms. The zero-order chi connectivity index (χ0) is 19.9. The van der Waals surface area contributed by atoms with Crippen LogP contribution in [0.5, 0.6) is 0 Å². The Bertz CT molecular complexity index is 805. The minimum Gasteiger partial charge on any atom is -0.357 e. The summed E-state index contributed by atoms with van der Waals surface area (Å²) in [6.45, 7) is 3.91. The van der Waals surface area contributed by atoms with Gasteiger partial charge >= 0.3 is 0 Å². The van der Waals surface area contributed by atoms with Crippen LogP contribution in [0.15, 0.2) is 53.7 Å². The van der Waals surface area contributed by atoms with Crippen molar-refractivity contribution in [3.8, 4) is 0 Å². The van der Waals surface area contributed by atoms with Crippen LogP contribution in [0, 0.1) is 0 Å². The van der Waals surface area contributed by atoms with E-state index in [2.05, 4.69) is 68.0 Å². The third kappa shape index (κ3) is 4.72. The predicted octanol–water partition coefficient (Wildman–Crippen LogP) is 3.86. The van der Waals surface area contributed by atoms with Crippen LogP contribution in [-0.2, 0) is 12.0 Å². The predicted molar refractivity (Wildman–Crippen MR) is 120 cm³/mol. The largest absolute Gasteiger partial charge is 0.357 e. The van der Waals surface area contributed by atoms with Gasteiger partial charge in [0.15, 0.2) is 5.96 Å². The Hall–Kier alpha value is -2.56. The fourth-order valence-corrected chi connectivity index (χ4v) is 4.76. The van der Waals surface area contributed by atoms with E-state index < -0.39 is 0 Å². The van der Waals surface area contributed by atoms with E-state index >= 15 is 0 Å². The number of pyridine rings is 1. The number of benzene rings is 1. The highest BCUT2D eigenvalue weighted by molar-refractivity contribution is 5.79. The number of aromatic nitrogens is 1. The Balaban J connectivity index is 1.36. The van der Waals surface area contributed by atoms with Crippen molar-refractivity contribution >= 4 is 11.8 Å². The lowest BCUT2D eigenvalue weighted by Gasteiger charge is -2.30. The normalized spacial score (nSPS) is 18.8. The van der Waals surface area contributed by atoms with Crippen molar-refractivity contribution in [1.29, 1.82) is 0 Å². The third-order valence-corrected chi connectivity index (χ3v) is 6.46. The molecule has 0 bridgehead atoms. The molecule has 1 aromatic carbocycles. The second-order valence-corrected chi connectivity index (χ2v) is 8.35. The molecular weight excluding hydrogens is 358 g/mol. The molecule has 0 spiro atoms. The van der Waals surface area contributed by atoms with E-state index in [0.717, 1.165) is 38.0 Å². The summed E-state index contributed by atoms with van der Waals surface area (Å²) in [5.74, 6) is 1.96. The highest BCUT2D eigenvalue weighted by atomic mass is 15.2. The van der Waals surface area contributed by atoms with Gasteiger partial charge in [-0.1, -0.05) is 43.2 Å². The third-order valence-electron chi connectivity index (χ3n) is 6.46. The summed E-state index contributed by atoms with van der Waals surface area (Å²) in [7, 11) is 1.85. The van der Waals surface area contributed by atoms with Gasteiger partial charge in [0.25, 0.3) is 0 Å². The quantitative estimate of drug-likeness (QED) is 0.580. The Morgan fingerprint density at radius 1 is 1.03 bits per heavy atom. The number of aliphatic imine (C=N–C) groups is 1. The molecule has 0 unspecified atom stereocenters. The van der Waals surface area contributed by atoms with Crippen LogP contribution in [0.2, 0.25) is 0 Å². The molecule has 2 heterocycles. The number of anilines is 1. The van der Waals surface area contributed by atoms with Crippen molar-refractivity contribution in [1.82, 2.24) is 15.6 Å². The van der Waals surface area contributed by atoms with Gasteiger partial charge in [0.1, 0.15) is 5.82 Å². The van der Waals surface area contributed by atoms with Gasteiger partial charge in [-0.3, -0.25) is 4.99 Å². The number of rotatable bonds is 6. The first kappa shape index (κ1) is 19.7. The molecule has 0 amide bonds. The highest BCUT2D eigenvalue weighted by Crippen LogP contribution is 2.40. The SMILES string of the molecule is CN=C(NCc1ccnc(N2CCCC2)c1)NCC1(c2ccccc2)CCCC1. The van der Waals surface area contributed by atoms with Crippen LogP contribution in [0.4, 0.5) is 5.82 Å². The molecule has 2 N–H and O–H groups in total. The summed E-state index contributed by atoms with van der Waals surface area (Å²) in [5.41, 5.74) is 2.91. The molecule has 5 nitrogen and oxygen atoms in total. The summed E-state index contributed by atoms with van der Waals surface area (Å²) >= 11 is 0. The minimum atomic E-state index is 0.221. The van der Waals surface area contributed by atoms with Gasteiger partial charge < -0.3 is 15.5 Å². The maximum atomic E-state index is 4.55. The smallest absolute Gasteiger partial charge is 0.191 e. The second kappa shape index (κ2) is 9.29. The van der Waals surface area contributed by atoms with Crippen molar-refractivity contribution in [2.24, 2.45) is 4.99 Å². The topological polar surface area (TPSA) is 52.6 Å². The zero-order valence-electron chi connectivity index (χ0n) is 17.5. The monoisotopic (exact) mass is 391 g/mol. The molecule has 1 aliphatic carbocycles. The van der Waals surface area contributed by atoms with Crippen LogP contribution >= 0.6 is 0 Å². The molecule has 2 fully saturated rings. The van der Waals surface area contributed by atoms with E-state index in [9.17, 15) is 0 Å². The molecule has 1 saturated carbocycles. The van der Waals surface area contributed by atoms with Crippen LogP contribution in [0.25, 0.3) is 0 Å². The fraction of sp³-hybridized carbons (Fsp3) is 0.500. The molecule has 2 aliphatic rings. The first-order valence-electron chi connectivity index (χ1n) is 11.0. The number of hydrogen-bond acceptors (Lipinski definition) is 3. The summed E-state index contributed by atoms with van der Waals surface area (Å²) in [4.78, 5) is 11.4. The number of nitrogens with one attached hydrogen (secondary N) is 2. The van der Waals surface area contributed by atoms with Gasteiger partial charge in [-0.25, -0.2) is 4.98 Å². The van der Waals surface area contributed by atoms with Gasteiger partial charge in [-0.05, 0) is 48.9 Å².